The van der Waals surface area contributed by atoms with Gasteiger partial charge >= 0.3 is 12.1 Å². The Morgan fingerprint density at radius 3 is 2.47 bits per heavy atom. The fraction of sp³-hybridized carbons (Fsp3) is 0.474. The van der Waals surface area contributed by atoms with E-state index in [4.69, 9.17) is 14.4 Å². The van der Waals surface area contributed by atoms with Crippen molar-refractivity contribution in [3.05, 3.63) is 35.6 Å². The molecule has 0 spiro atoms. The molecule has 0 aliphatic carbocycles. The van der Waals surface area contributed by atoms with E-state index in [-0.39, 0.29) is 36.1 Å². The molecule has 174 valence electrons. The van der Waals surface area contributed by atoms with Gasteiger partial charge in [0.15, 0.2) is 5.67 Å². The number of rotatable bonds is 3. The molecule has 3 heterocycles. The average molecular weight is 461 g/mol. The molecule has 1 fully saturated rings. The van der Waals surface area contributed by atoms with Crippen LogP contribution in [0.4, 0.5) is 22.0 Å². The number of nitrogens with one attached hydrogen (secondary N) is 1. The number of nitrogens with zero attached hydrogens (tertiary/aromatic N) is 4. The number of aromatic nitrogens is 4. The first-order valence-corrected chi connectivity index (χ1v) is 9.65. The number of aliphatic carboxylic acids is 1. The molecule has 2 N–H and O–H groups in total. The average Bonchev–Trinajstić information content (AvgIpc) is 3.34. The number of hydrogen-bond acceptors (Lipinski definition) is 6. The highest BCUT2D eigenvalue weighted by Gasteiger charge is 2.40. The number of hydrogen-bond donors (Lipinski definition) is 2. The summed E-state index contributed by atoms with van der Waals surface area (Å²) in [6, 6.07) is 4.81. The maximum absolute atomic E-state index is 15.0. The topological polar surface area (TPSA) is 106 Å². The smallest absolute Gasteiger partial charge is 0.475 e. The molecular weight excluding hydrogens is 441 g/mol. The summed E-state index contributed by atoms with van der Waals surface area (Å²) in [6.07, 6.45) is -4.56. The van der Waals surface area contributed by atoms with Crippen LogP contribution in [0.2, 0.25) is 0 Å². The van der Waals surface area contributed by atoms with E-state index in [1.54, 1.807) is 6.07 Å². The van der Waals surface area contributed by atoms with Crippen LogP contribution in [0.5, 0.6) is 0 Å². The Kier molecular flexibility index (Phi) is 6.49. The standard InChI is InChI=1S/C17H19F2N5O.C2HF3O2/c1-10(2)13-11-4-3-5-12(18)14(11)24(22-13)16-21-15(25-23-16)17(19)6-8-20-9-7-17;3-2(4,5)1(6)7/h3-5,10,20H,6-9H2,1-2H3;(H,6,7). The Bertz CT molecular complexity index is 1100. The minimum Gasteiger partial charge on any atom is -0.475 e. The molecule has 0 bridgehead atoms. The van der Waals surface area contributed by atoms with Gasteiger partial charge in [-0.1, -0.05) is 26.0 Å². The van der Waals surface area contributed by atoms with E-state index in [2.05, 4.69) is 20.6 Å². The maximum Gasteiger partial charge on any atom is 0.490 e. The lowest BCUT2D eigenvalue weighted by molar-refractivity contribution is -0.192. The molecule has 2 aromatic heterocycles. The lowest BCUT2D eigenvalue weighted by Gasteiger charge is -2.25. The zero-order valence-electron chi connectivity index (χ0n) is 17.1. The molecule has 0 atom stereocenters. The van der Waals surface area contributed by atoms with Gasteiger partial charge in [0.2, 0.25) is 0 Å². The second-order valence-corrected chi connectivity index (χ2v) is 7.51. The molecule has 32 heavy (non-hydrogen) atoms. The third kappa shape index (κ3) is 4.71. The number of carbonyl (C=O) groups is 1. The Morgan fingerprint density at radius 2 is 1.91 bits per heavy atom. The first-order valence-electron chi connectivity index (χ1n) is 9.65. The number of fused-ring (bicyclic) bond motifs is 1. The molecule has 1 saturated heterocycles. The van der Waals surface area contributed by atoms with Crippen LogP contribution in [0, 0.1) is 5.82 Å². The van der Waals surface area contributed by atoms with E-state index in [1.165, 1.54) is 10.7 Å². The second kappa shape index (κ2) is 8.81. The molecule has 0 amide bonds. The number of halogens is 5. The van der Waals surface area contributed by atoms with Crippen molar-refractivity contribution in [2.75, 3.05) is 13.1 Å². The first-order chi connectivity index (χ1) is 14.9. The summed E-state index contributed by atoms with van der Waals surface area (Å²) in [4.78, 5) is 13.1. The van der Waals surface area contributed by atoms with E-state index in [0.717, 1.165) is 5.69 Å². The van der Waals surface area contributed by atoms with Gasteiger partial charge < -0.3 is 14.9 Å². The van der Waals surface area contributed by atoms with Gasteiger partial charge in [-0.3, -0.25) is 0 Å². The van der Waals surface area contributed by atoms with Gasteiger partial charge in [0, 0.05) is 18.2 Å². The van der Waals surface area contributed by atoms with Crippen molar-refractivity contribution in [2.45, 2.75) is 44.5 Å². The minimum absolute atomic E-state index is 0.0487. The summed E-state index contributed by atoms with van der Waals surface area (Å²) in [7, 11) is 0. The summed E-state index contributed by atoms with van der Waals surface area (Å²) < 4.78 is 67.6. The molecule has 0 radical (unpaired) electrons. The van der Waals surface area contributed by atoms with Crippen LogP contribution in [0.1, 0.15) is 44.2 Å². The van der Waals surface area contributed by atoms with Crippen LogP contribution < -0.4 is 5.32 Å². The number of piperidine rings is 1. The number of para-hydroxylation sites is 1. The molecule has 1 aromatic carbocycles. The van der Waals surface area contributed by atoms with E-state index < -0.39 is 23.6 Å². The van der Waals surface area contributed by atoms with E-state index in [1.807, 2.05) is 19.9 Å². The summed E-state index contributed by atoms with van der Waals surface area (Å²) in [5.74, 6) is -3.12. The third-order valence-corrected chi connectivity index (χ3v) is 4.86. The molecule has 0 saturated carbocycles. The zero-order chi connectivity index (χ0) is 23.7. The van der Waals surface area contributed by atoms with Gasteiger partial charge in [-0.05, 0) is 30.2 Å². The SMILES string of the molecule is CC(C)c1nn(-c2noc(C3(F)CCNCC3)n2)c2c(F)cccc12.O=C(O)C(F)(F)F. The normalized spacial score (nSPS) is 16.1. The van der Waals surface area contributed by atoms with Crippen molar-refractivity contribution in [3.63, 3.8) is 0 Å². The van der Waals surface area contributed by atoms with Crippen LogP contribution in [-0.4, -0.2) is 50.3 Å². The van der Waals surface area contributed by atoms with Gasteiger partial charge in [0.1, 0.15) is 11.3 Å². The number of benzene rings is 1. The molecule has 0 unspecified atom stereocenters. The van der Waals surface area contributed by atoms with Crippen LogP contribution >= 0.6 is 0 Å². The Morgan fingerprint density at radius 1 is 1.28 bits per heavy atom. The van der Waals surface area contributed by atoms with Gasteiger partial charge in [0.05, 0.1) is 5.69 Å². The summed E-state index contributed by atoms with van der Waals surface area (Å²) in [5, 5.41) is 19.2. The van der Waals surface area contributed by atoms with Gasteiger partial charge in [-0.15, -0.1) is 0 Å². The van der Waals surface area contributed by atoms with Crippen LogP contribution in [0.3, 0.4) is 0 Å². The molecule has 1 aliphatic heterocycles. The minimum atomic E-state index is -5.08. The van der Waals surface area contributed by atoms with E-state index in [0.29, 0.717) is 18.5 Å². The highest BCUT2D eigenvalue weighted by Crippen LogP contribution is 2.35. The van der Waals surface area contributed by atoms with Crippen molar-refractivity contribution in [3.8, 4) is 5.95 Å². The lowest BCUT2D eigenvalue weighted by Crippen LogP contribution is -2.36. The van der Waals surface area contributed by atoms with Crippen LogP contribution in [-0.2, 0) is 10.5 Å². The predicted molar refractivity (Wildman–Crippen MR) is 102 cm³/mol. The zero-order valence-corrected chi connectivity index (χ0v) is 17.1. The highest BCUT2D eigenvalue weighted by molar-refractivity contribution is 5.84. The summed E-state index contributed by atoms with van der Waals surface area (Å²) in [5.41, 5.74) is -0.645. The Labute approximate surface area is 178 Å². The quantitative estimate of drug-likeness (QED) is 0.571. The molecule has 3 aromatic rings. The third-order valence-electron chi connectivity index (χ3n) is 4.86. The van der Waals surface area contributed by atoms with Crippen LogP contribution in [0.25, 0.3) is 16.9 Å². The van der Waals surface area contributed by atoms with Gasteiger partial charge in [-0.2, -0.15) is 27.9 Å². The van der Waals surface area contributed by atoms with Crippen LogP contribution in [0.15, 0.2) is 22.7 Å². The van der Waals surface area contributed by atoms with Crippen molar-refractivity contribution < 1.29 is 36.4 Å². The van der Waals surface area contributed by atoms with E-state index in [9.17, 15) is 17.6 Å². The Balaban J connectivity index is 0.000000360. The number of carboxylic acids is 1. The second-order valence-electron chi connectivity index (χ2n) is 7.51. The first kappa shape index (κ1) is 23.6. The fourth-order valence-corrected chi connectivity index (χ4v) is 3.24. The lowest BCUT2D eigenvalue weighted by atomic mass is 9.94. The molecule has 1 aliphatic rings. The van der Waals surface area contributed by atoms with E-state index >= 15 is 4.39 Å². The van der Waals surface area contributed by atoms with Crippen molar-refractivity contribution in [1.82, 2.24) is 25.2 Å². The number of carboxylic acid groups (broad SMARTS) is 1. The summed E-state index contributed by atoms with van der Waals surface area (Å²) >= 11 is 0. The fourth-order valence-electron chi connectivity index (χ4n) is 3.24. The molecule has 13 heteroatoms. The maximum atomic E-state index is 15.0. The monoisotopic (exact) mass is 461 g/mol. The summed E-state index contributed by atoms with van der Waals surface area (Å²) in [6.45, 7) is 5.05. The predicted octanol–water partition coefficient (Wildman–Crippen LogP) is 3.85. The van der Waals surface area contributed by atoms with Gasteiger partial charge in [0.25, 0.3) is 11.8 Å². The van der Waals surface area contributed by atoms with Crippen molar-refractivity contribution >= 4 is 16.9 Å². The Hall–Kier alpha value is -3.09. The van der Waals surface area contributed by atoms with Crippen molar-refractivity contribution in [1.29, 1.82) is 0 Å². The molecule has 8 nitrogen and oxygen atoms in total. The largest absolute Gasteiger partial charge is 0.490 e. The molecular formula is C19H20F5N5O3. The van der Waals surface area contributed by atoms with Gasteiger partial charge in [-0.25, -0.2) is 13.6 Å². The number of alkyl halides is 4. The van der Waals surface area contributed by atoms with Crippen molar-refractivity contribution in [2.24, 2.45) is 0 Å². The molecule has 4 rings (SSSR count). The highest BCUT2D eigenvalue weighted by atomic mass is 19.4.